The first-order valence-electron chi connectivity index (χ1n) is 11.1. The Hall–Kier alpha value is -0.870. The van der Waals surface area contributed by atoms with Gasteiger partial charge >= 0.3 is 5.97 Å². The fraction of sp³-hybridized carbons (Fsp3) is 0.870. The second-order valence-electron chi connectivity index (χ2n) is 10.0. The molecule has 3 rings (SSSR count). The quantitative estimate of drug-likeness (QED) is 0.414. The number of nitrogens with zero attached hydrogens (tertiary/aromatic N) is 1. The Morgan fingerprint density at radius 3 is 2.67 bits per heavy atom. The number of allylic oxidation sites excluding steroid dienone is 1. The Morgan fingerprint density at radius 2 is 2.00 bits per heavy atom. The summed E-state index contributed by atoms with van der Waals surface area (Å²) in [6.07, 6.45) is 5.89. The van der Waals surface area contributed by atoms with Crippen molar-refractivity contribution in [3.05, 3.63) is 12.2 Å². The second-order valence-corrected chi connectivity index (χ2v) is 10.0. The number of carbonyl (C=O) groups is 1. The van der Waals surface area contributed by atoms with Crippen molar-refractivity contribution in [2.45, 2.75) is 84.9 Å². The van der Waals surface area contributed by atoms with E-state index in [1.807, 2.05) is 0 Å². The number of nitrogens with one attached hydrogen (secondary N) is 1. The molecule has 0 aromatic rings. The van der Waals surface area contributed by atoms with Gasteiger partial charge in [0.1, 0.15) is 6.10 Å². The van der Waals surface area contributed by atoms with Gasteiger partial charge in [0.25, 0.3) is 0 Å². The van der Waals surface area contributed by atoms with E-state index in [1.165, 1.54) is 18.4 Å². The van der Waals surface area contributed by atoms with Gasteiger partial charge < -0.3 is 10.1 Å². The normalized spacial score (nSPS) is 36.3. The van der Waals surface area contributed by atoms with Gasteiger partial charge in [0.2, 0.25) is 0 Å². The summed E-state index contributed by atoms with van der Waals surface area (Å²) in [5, 5.41) is 3.56. The average molecular weight is 377 g/mol. The zero-order chi connectivity index (χ0) is 19.8. The van der Waals surface area contributed by atoms with Gasteiger partial charge in [-0.15, -0.1) is 0 Å². The lowest BCUT2D eigenvalue weighted by Gasteiger charge is -2.50. The van der Waals surface area contributed by atoms with E-state index < -0.39 is 0 Å². The van der Waals surface area contributed by atoms with Crippen LogP contribution in [0, 0.1) is 23.2 Å². The van der Waals surface area contributed by atoms with E-state index in [2.05, 4.69) is 51.4 Å². The smallest absolute Gasteiger partial charge is 0.310 e. The SMILES string of the molecule is C=C1CCCC2(C)CC3OC(=O)C(CNCCN(C(C)C)C(C)C)C3CC12. The first-order chi connectivity index (χ1) is 12.7. The number of hydrogen-bond donors (Lipinski definition) is 1. The molecule has 0 radical (unpaired) electrons. The number of rotatable bonds is 7. The topological polar surface area (TPSA) is 41.6 Å². The van der Waals surface area contributed by atoms with E-state index in [9.17, 15) is 4.79 Å². The Labute approximate surface area is 166 Å². The van der Waals surface area contributed by atoms with Crippen molar-refractivity contribution in [1.29, 1.82) is 0 Å². The van der Waals surface area contributed by atoms with Crippen molar-refractivity contribution >= 4 is 5.97 Å². The predicted molar refractivity (Wildman–Crippen MR) is 111 cm³/mol. The van der Waals surface area contributed by atoms with Crippen molar-refractivity contribution < 1.29 is 9.53 Å². The molecule has 0 amide bonds. The summed E-state index contributed by atoms with van der Waals surface area (Å²) >= 11 is 0. The molecule has 1 saturated heterocycles. The van der Waals surface area contributed by atoms with Gasteiger partial charge in [0.15, 0.2) is 0 Å². The van der Waals surface area contributed by atoms with Crippen molar-refractivity contribution in [3.8, 4) is 0 Å². The third-order valence-corrected chi connectivity index (χ3v) is 7.56. The van der Waals surface area contributed by atoms with E-state index in [-0.39, 0.29) is 23.4 Å². The number of hydrogen-bond acceptors (Lipinski definition) is 4. The Morgan fingerprint density at radius 1 is 1.30 bits per heavy atom. The molecule has 4 nitrogen and oxygen atoms in total. The molecule has 154 valence electrons. The largest absolute Gasteiger partial charge is 0.462 e. The van der Waals surface area contributed by atoms with Gasteiger partial charge in [0.05, 0.1) is 5.92 Å². The lowest BCUT2D eigenvalue weighted by molar-refractivity contribution is -0.146. The van der Waals surface area contributed by atoms with Crippen molar-refractivity contribution in [1.82, 2.24) is 10.2 Å². The van der Waals surface area contributed by atoms with Gasteiger partial charge in [-0.2, -0.15) is 0 Å². The van der Waals surface area contributed by atoms with Crippen LogP contribution in [0.2, 0.25) is 0 Å². The van der Waals surface area contributed by atoms with Crippen molar-refractivity contribution in [2.24, 2.45) is 23.2 Å². The van der Waals surface area contributed by atoms with Gasteiger partial charge in [0, 0.05) is 37.6 Å². The first-order valence-corrected chi connectivity index (χ1v) is 11.1. The number of ether oxygens (including phenoxy) is 1. The molecule has 0 aromatic carbocycles. The highest BCUT2D eigenvalue weighted by atomic mass is 16.6. The molecular weight excluding hydrogens is 336 g/mol. The molecule has 0 spiro atoms. The summed E-state index contributed by atoms with van der Waals surface area (Å²) < 4.78 is 5.86. The fourth-order valence-electron chi connectivity index (χ4n) is 6.07. The lowest BCUT2D eigenvalue weighted by Crippen LogP contribution is -2.46. The molecule has 1 heterocycles. The van der Waals surface area contributed by atoms with Gasteiger partial charge in [-0.25, -0.2) is 0 Å². The van der Waals surface area contributed by atoms with Crippen LogP contribution in [0.3, 0.4) is 0 Å². The van der Waals surface area contributed by atoms with E-state index in [4.69, 9.17) is 4.74 Å². The summed E-state index contributed by atoms with van der Waals surface area (Å²) in [7, 11) is 0. The van der Waals surface area contributed by atoms with Crippen molar-refractivity contribution in [3.63, 3.8) is 0 Å². The lowest BCUT2D eigenvalue weighted by atomic mass is 9.55. The summed E-state index contributed by atoms with van der Waals surface area (Å²) in [6, 6.07) is 1.09. The van der Waals surface area contributed by atoms with Crippen LogP contribution in [-0.4, -0.2) is 48.7 Å². The third-order valence-electron chi connectivity index (χ3n) is 7.56. The minimum absolute atomic E-state index is 0.0147. The van der Waals surface area contributed by atoms with Crippen LogP contribution in [0.4, 0.5) is 0 Å². The van der Waals surface area contributed by atoms with Crippen molar-refractivity contribution in [2.75, 3.05) is 19.6 Å². The standard InChI is InChI=1S/C23H40N2O2/c1-15(2)25(16(3)4)11-10-24-14-19-18-12-20-17(5)8-7-9-23(20,6)13-21(18)27-22(19)26/h15-16,18-21,24H,5,7-14H2,1-4,6H3. The van der Waals surface area contributed by atoms with E-state index >= 15 is 0 Å². The molecule has 4 heteroatoms. The molecule has 5 atom stereocenters. The van der Waals surface area contributed by atoms with Crippen LogP contribution in [0.1, 0.15) is 66.7 Å². The number of carbonyl (C=O) groups excluding carboxylic acids is 1. The zero-order valence-corrected chi connectivity index (χ0v) is 18.1. The van der Waals surface area contributed by atoms with Crippen LogP contribution in [0.25, 0.3) is 0 Å². The Balaban J connectivity index is 1.56. The summed E-state index contributed by atoms with van der Waals surface area (Å²) in [5.41, 5.74) is 1.70. The fourth-order valence-corrected chi connectivity index (χ4v) is 6.07. The highest BCUT2D eigenvalue weighted by molar-refractivity contribution is 5.75. The maximum absolute atomic E-state index is 12.6. The highest BCUT2D eigenvalue weighted by Gasteiger charge is 2.54. The summed E-state index contributed by atoms with van der Waals surface area (Å²) in [5.74, 6) is 0.974. The third kappa shape index (κ3) is 4.27. The molecule has 1 aliphatic heterocycles. The van der Waals surface area contributed by atoms with Crippen LogP contribution < -0.4 is 5.32 Å². The minimum Gasteiger partial charge on any atom is -0.462 e. The number of fused-ring (bicyclic) bond motifs is 2. The minimum atomic E-state index is 0.0147. The molecule has 2 aliphatic carbocycles. The maximum Gasteiger partial charge on any atom is 0.310 e. The molecule has 0 aromatic heterocycles. The summed E-state index contributed by atoms with van der Waals surface area (Å²) in [6.45, 7) is 18.4. The summed E-state index contributed by atoms with van der Waals surface area (Å²) in [4.78, 5) is 15.1. The molecule has 5 unspecified atom stereocenters. The van der Waals surface area contributed by atoms with Crippen LogP contribution >= 0.6 is 0 Å². The zero-order valence-electron chi connectivity index (χ0n) is 18.1. The second kappa shape index (κ2) is 8.24. The molecule has 3 fully saturated rings. The highest BCUT2D eigenvalue weighted by Crippen LogP contribution is 2.56. The van der Waals surface area contributed by atoms with Crippen LogP contribution in [0.5, 0.6) is 0 Å². The predicted octanol–water partition coefficient (Wildman–Crippen LogP) is 4.01. The average Bonchev–Trinajstić information content (AvgIpc) is 2.86. The van der Waals surface area contributed by atoms with E-state index in [0.29, 0.717) is 23.9 Å². The Bertz CT molecular complexity index is 551. The monoisotopic (exact) mass is 376 g/mol. The molecule has 2 saturated carbocycles. The van der Waals surface area contributed by atoms with Gasteiger partial charge in [-0.05, 0) is 71.1 Å². The van der Waals surface area contributed by atoms with Crippen LogP contribution in [0.15, 0.2) is 12.2 Å². The van der Waals surface area contributed by atoms with E-state index in [0.717, 1.165) is 38.9 Å². The first kappa shape index (κ1) is 20.9. The Kier molecular flexibility index (Phi) is 6.37. The molecule has 27 heavy (non-hydrogen) atoms. The van der Waals surface area contributed by atoms with Gasteiger partial charge in [-0.1, -0.05) is 19.1 Å². The van der Waals surface area contributed by atoms with Crippen LogP contribution in [-0.2, 0) is 9.53 Å². The molecule has 3 aliphatic rings. The van der Waals surface area contributed by atoms with E-state index in [1.54, 1.807) is 0 Å². The van der Waals surface area contributed by atoms with Gasteiger partial charge in [-0.3, -0.25) is 9.69 Å². The maximum atomic E-state index is 12.6. The molecule has 0 bridgehead atoms. The molecule has 1 N–H and O–H groups in total. The number of esters is 1. The molecular formula is C23H40N2O2.